The van der Waals surface area contributed by atoms with Gasteiger partial charge >= 0.3 is 0 Å². The zero-order chi connectivity index (χ0) is 11.5. The Bertz CT molecular complexity index is 151. The second kappa shape index (κ2) is 10.2. The molecule has 90 valence electrons. The van der Waals surface area contributed by atoms with Crippen molar-refractivity contribution in [2.45, 2.75) is 65.4 Å². The Morgan fingerprint density at radius 3 is 2.47 bits per heavy atom. The standard InChI is InChI=1S/C14H28O/c1-5-7-9-11-13(3)14(15-4)12-10-8-6-2/h5,7,13-14H,6,8-12H2,1-4H3/b7-5+. The van der Waals surface area contributed by atoms with Gasteiger partial charge in [-0.25, -0.2) is 0 Å². The van der Waals surface area contributed by atoms with Crippen molar-refractivity contribution in [3.05, 3.63) is 12.2 Å². The van der Waals surface area contributed by atoms with Gasteiger partial charge in [-0.3, -0.25) is 0 Å². The zero-order valence-corrected chi connectivity index (χ0v) is 11.0. The Labute approximate surface area is 95.9 Å². The van der Waals surface area contributed by atoms with E-state index in [2.05, 4.69) is 32.9 Å². The molecule has 0 aliphatic carbocycles. The van der Waals surface area contributed by atoms with Gasteiger partial charge in [-0.2, -0.15) is 0 Å². The van der Waals surface area contributed by atoms with E-state index in [-0.39, 0.29) is 0 Å². The molecule has 1 heteroatoms. The molecular weight excluding hydrogens is 184 g/mol. The molecule has 0 rings (SSSR count). The quantitative estimate of drug-likeness (QED) is 0.402. The number of hydrogen-bond donors (Lipinski definition) is 0. The molecule has 2 atom stereocenters. The highest BCUT2D eigenvalue weighted by Crippen LogP contribution is 2.19. The van der Waals surface area contributed by atoms with Crippen LogP contribution in [0, 0.1) is 5.92 Å². The van der Waals surface area contributed by atoms with Crippen LogP contribution in [0.25, 0.3) is 0 Å². The maximum Gasteiger partial charge on any atom is 0.0597 e. The van der Waals surface area contributed by atoms with Gasteiger partial charge in [-0.05, 0) is 32.1 Å². The summed E-state index contributed by atoms with van der Waals surface area (Å²) < 4.78 is 5.57. The highest BCUT2D eigenvalue weighted by molar-refractivity contribution is 4.79. The molecule has 0 aromatic heterocycles. The van der Waals surface area contributed by atoms with E-state index in [1.165, 1.54) is 38.5 Å². The van der Waals surface area contributed by atoms with Crippen LogP contribution < -0.4 is 0 Å². The van der Waals surface area contributed by atoms with E-state index >= 15 is 0 Å². The average Bonchev–Trinajstić information content (AvgIpc) is 2.24. The van der Waals surface area contributed by atoms with Gasteiger partial charge in [-0.1, -0.05) is 45.3 Å². The number of ether oxygens (including phenoxy) is 1. The largest absolute Gasteiger partial charge is 0.381 e. The Morgan fingerprint density at radius 1 is 1.20 bits per heavy atom. The summed E-state index contributed by atoms with van der Waals surface area (Å²) in [5.74, 6) is 0.683. The van der Waals surface area contributed by atoms with Crippen LogP contribution in [-0.2, 0) is 4.74 Å². The van der Waals surface area contributed by atoms with Crippen LogP contribution in [0.4, 0.5) is 0 Å². The molecule has 0 N–H and O–H groups in total. The van der Waals surface area contributed by atoms with Crippen molar-refractivity contribution in [3.63, 3.8) is 0 Å². The van der Waals surface area contributed by atoms with Crippen molar-refractivity contribution in [1.82, 2.24) is 0 Å². The van der Waals surface area contributed by atoms with Gasteiger partial charge in [0.1, 0.15) is 0 Å². The fraction of sp³-hybridized carbons (Fsp3) is 0.857. The fourth-order valence-electron chi connectivity index (χ4n) is 1.94. The molecule has 1 nitrogen and oxygen atoms in total. The molecule has 0 aliphatic heterocycles. The summed E-state index contributed by atoms with van der Waals surface area (Å²) in [5, 5.41) is 0. The lowest BCUT2D eigenvalue weighted by Gasteiger charge is -2.22. The van der Waals surface area contributed by atoms with Gasteiger partial charge in [0.05, 0.1) is 6.10 Å². The fourth-order valence-corrected chi connectivity index (χ4v) is 1.94. The molecule has 0 saturated heterocycles. The first-order valence-corrected chi connectivity index (χ1v) is 6.40. The van der Waals surface area contributed by atoms with E-state index in [0.717, 1.165) is 0 Å². The van der Waals surface area contributed by atoms with Crippen molar-refractivity contribution in [1.29, 1.82) is 0 Å². The lowest BCUT2D eigenvalue weighted by Crippen LogP contribution is -2.20. The molecule has 0 fully saturated rings. The molecule has 0 bridgehead atoms. The third-order valence-corrected chi connectivity index (χ3v) is 3.05. The van der Waals surface area contributed by atoms with E-state index in [4.69, 9.17) is 4.74 Å². The highest BCUT2D eigenvalue weighted by atomic mass is 16.5. The monoisotopic (exact) mass is 212 g/mol. The smallest absolute Gasteiger partial charge is 0.0597 e. The van der Waals surface area contributed by atoms with Gasteiger partial charge in [0.2, 0.25) is 0 Å². The third-order valence-electron chi connectivity index (χ3n) is 3.05. The molecule has 0 aliphatic rings. The molecule has 0 spiro atoms. The van der Waals surface area contributed by atoms with Crippen LogP contribution in [0.1, 0.15) is 59.3 Å². The van der Waals surface area contributed by atoms with Crippen LogP contribution in [-0.4, -0.2) is 13.2 Å². The van der Waals surface area contributed by atoms with Crippen molar-refractivity contribution in [3.8, 4) is 0 Å². The Hall–Kier alpha value is -0.300. The van der Waals surface area contributed by atoms with Gasteiger partial charge in [-0.15, -0.1) is 0 Å². The Morgan fingerprint density at radius 2 is 1.93 bits per heavy atom. The predicted molar refractivity (Wildman–Crippen MR) is 68.2 cm³/mol. The summed E-state index contributed by atoms with van der Waals surface area (Å²) in [6, 6.07) is 0. The number of allylic oxidation sites excluding steroid dienone is 2. The van der Waals surface area contributed by atoms with Crippen LogP contribution in [0.5, 0.6) is 0 Å². The molecule has 0 aromatic carbocycles. The lowest BCUT2D eigenvalue weighted by molar-refractivity contribution is 0.0470. The Balaban J connectivity index is 3.71. The minimum atomic E-state index is 0.460. The van der Waals surface area contributed by atoms with Crippen LogP contribution >= 0.6 is 0 Å². The average molecular weight is 212 g/mol. The van der Waals surface area contributed by atoms with Crippen molar-refractivity contribution < 1.29 is 4.74 Å². The first-order valence-electron chi connectivity index (χ1n) is 6.40. The molecule has 0 heterocycles. The lowest BCUT2D eigenvalue weighted by atomic mass is 9.94. The number of methoxy groups -OCH3 is 1. The van der Waals surface area contributed by atoms with E-state index in [9.17, 15) is 0 Å². The molecule has 0 radical (unpaired) electrons. The summed E-state index contributed by atoms with van der Waals surface area (Å²) in [6.45, 7) is 6.64. The number of rotatable bonds is 9. The second-order valence-corrected chi connectivity index (χ2v) is 4.39. The van der Waals surface area contributed by atoms with Crippen molar-refractivity contribution >= 4 is 0 Å². The summed E-state index contributed by atoms with van der Waals surface area (Å²) in [6.07, 6.45) is 12.4. The third kappa shape index (κ3) is 7.61. The normalized spacial score (nSPS) is 15.7. The van der Waals surface area contributed by atoms with Gasteiger partial charge in [0, 0.05) is 7.11 Å². The van der Waals surface area contributed by atoms with Crippen LogP contribution in [0.3, 0.4) is 0 Å². The van der Waals surface area contributed by atoms with E-state index < -0.39 is 0 Å². The van der Waals surface area contributed by atoms with E-state index in [1.807, 2.05) is 7.11 Å². The highest BCUT2D eigenvalue weighted by Gasteiger charge is 2.15. The van der Waals surface area contributed by atoms with E-state index in [0.29, 0.717) is 12.0 Å². The molecule has 15 heavy (non-hydrogen) atoms. The van der Waals surface area contributed by atoms with E-state index in [1.54, 1.807) is 0 Å². The predicted octanol–water partition coefficient (Wildman–Crippen LogP) is 4.57. The van der Waals surface area contributed by atoms with Crippen LogP contribution in [0.2, 0.25) is 0 Å². The van der Waals surface area contributed by atoms with Gasteiger partial charge in [0.15, 0.2) is 0 Å². The molecule has 2 unspecified atom stereocenters. The summed E-state index contributed by atoms with van der Waals surface area (Å²) in [7, 11) is 1.85. The van der Waals surface area contributed by atoms with Gasteiger partial charge < -0.3 is 4.74 Å². The Kier molecular flexibility index (Phi) is 10.0. The zero-order valence-electron chi connectivity index (χ0n) is 11.0. The summed E-state index contributed by atoms with van der Waals surface area (Å²) >= 11 is 0. The molecule has 0 saturated carbocycles. The van der Waals surface area contributed by atoms with Crippen molar-refractivity contribution in [2.24, 2.45) is 5.92 Å². The summed E-state index contributed by atoms with van der Waals surface area (Å²) in [5.41, 5.74) is 0. The maximum absolute atomic E-state index is 5.57. The molecular formula is C14H28O. The SMILES string of the molecule is C/C=C/CCC(C)C(CCCCC)OC. The second-order valence-electron chi connectivity index (χ2n) is 4.39. The van der Waals surface area contributed by atoms with Gasteiger partial charge in [0.25, 0.3) is 0 Å². The number of hydrogen-bond acceptors (Lipinski definition) is 1. The molecule has 0 aromatic rings. The van der Waals surface area contributed by atoms with Crippen LogP contribution in [0.15, 0.2) is 12.2 Å². The first-order chi connectivity index (χ1) is 7.26. The minimum Gasteiger partial charge on any atom is -0.381 e. The molecule has 0 amide bonds. The minimum absolute atomic E-state index is 0.460. The van der Waals surface area contributed by atoms with Crippen molar-refractivity contribution in [2.75, 3.05) is 7.11 Å². The number of unbranched alkanes of at least 4 members (excludes halogenated alkanes) is 2. The first kappa shape index (κ1) is 14.7. The topological polar surface area (TPSA) is 9.23 Å². The maximum atomic E-state index is 5.57. The summed E-state index contributed by atoms with van der Waals surface area (Å²) in [4.78, 5) is 0.